The monoisotopic (exact) mass is 561 g/mol. The van der Waals surface area contributed by atoms with Crippen molar-refractivity contribution in [2.24, 2.45) is 4.99 Å². The van der Waals surface area contributed by atoms with Crippen LogP contribution < -0.4 is 10.6 Å². The topological polar surface area (TPSA) is 70.6 Å². The van der Waals surface area contributed by atoms with E-state index in [1.54, 1.807) is 6.07 Å². The van der Waals surface area contributed by atoms with E-state index in [1.807, 2.05) is 37.7 Å². The maximum absolute atomic E-state index is 11.7. The van der Waals surface area contributed by atoms with Crippen molar-refractivity contribution in [1.82, 2.24) is 10.6 Å². The average molecular weight is 562 g/mol. The van der Waals surface area contributed by atoms with Crippen LogP contribution in [0.2, 0.25) is 0 Å². The number of benzene rings is 2. The molecule has 0 unspecified atom stereocenters. The van der Waals surface area contributed by atoms with Crippen LogP contribution in [-0.2, 0) is 22.1 Å². The minimum absolute atomic E-state index is 0. The van der Waals surface area contributed by atoms with Gasteiger partial charge >= 0.3 is 0 Å². The van der Waals surface area contributed by atoms with E-state index in [-0.39, 0.29) is 24.0 Å². The van der Waals surface area contributed by atoms with Gasteiger partial charge < -0.3 is 10.6 Å². The molecule has 166 valence electrons. The Labute approximate surface area is 202 Å². The summed E-state index contributed by atoms with van der Waals surface area (Å²) in [5, 5.41) is 6.61. The van der Waals surface area contributed by atoms with Crippen LogP contribution in [-0.4, -0.2) is 39.5 Å². The van der Waals surface area contributed by atoms with Crippen LogP contribution in [0.1, 0.15) is 29.2 Å². The molecular formula is C22H32IN3O2S2. The van der Waals surface area contributed by atoms with E-state index in [0.717, 1.165) is 41.7 Å². The Morgan fingerprint density at radius 2 is 1.70 bits per heavy atom. The first-order chi connectivity index (χ1) is 13.8. The molecule has 2 N–H and O–H groups in total. The van der Waals surface area contributed by atoms with Crippen LogP contribution in [0, 0.1) is 13.8 Å². The lowest BCUT2D eigenvalue weighted by atomic mass is 10.1. The summed E-state index contributed by atoms with van der Waals surface area (Å²) in [5.41, 5.74) is 4.37. The number of thioether (sulfide) groups is 1. The second-order valence-corrected chi connectivity index (χ2v) is 10.1. The highest BCUT2D eigenvalue weighted by Gasteiger charge is 2.10. The third-order valence-corrected chi connectivity index (χ3v) is 6.62. The lowest BCUT2D eigenvalue weighted by Gasteiger charge is -2.12. The Bertz CT molecular complexity index is 930. The van der Waals surface area contributed by atoms with Gasteiger partial charge in [-0.2, -0.15) is 11.8 Å². The summed E-state index contributed by atoms with van der Waals surface area (Å²) in [6, 6.07) is 14.0. The molecule has 0 aliphatic rings. The Morgan fingerprint density at radius 3 is 2.30 bits per heavy atom. The molecule has 5 nitrogen and oxygen atoms in total. The number of aliphatic imine (C=N–C) groups is 1. The summed E-state index contributed by atoms with van der Waals surface area (Å²) in [6.45, 7) is 8.07. The van der Waals surface area contributed by atoms with Gasteiger partial charge in [0.05, 0.1) is 11.4 Å². The van der Waals surface area contributed by atoms with Gasteiger partial charge in [0.15, 0.2) is 15.8 Å². The van der Waals surface area contributed by atoms with E-state index in [1.165, 1.54) is 17.4 Å². The van der Waals surface area contributed by atoms with Gasteiger partial charge in [0, 0.05) is 30.9 Å². The van der Waals surface area contributed by atoms with E-state index in [0.29, 0.717) is 11.4 Å². The fourth-order valence-corrected chi connectivity index (χ4v) is 4.63. The number of aryl methyl sites for hydroxylation is 2. The molecule has 0 aliphatic carbocycles. The summed E-state index contributed by atoms with van der Waals surface area (Å²) in [7, 11) is -3.19. The van der Waals surface area contributed by atoms with E-state index < -0.39 is 9.84 Å². The van der Waals surface area contributed by atoms with Gasteiger partial charge in [-0.15, -0.1) is 24.0 Å². The summed E-state index contributed by atoms with van der Waals surface area (Å²) in [6.07, 6.45) is 1.23. The molecule has 0 spiro atoms. The lowest BCUT2D eigenvalue weighted by Crippen LogP contribution is -2.38. The zero-order valence-corrected chi connectivity index (χ0v) is 22.0. The van der Waals surface area contributed by atoms with Crippen molar-refractivity contribution >= 4 is 51.5 Å². The predicted octanol–water partition coefficient (Wildman–Crippen LogP) is 4.31. The molecule has 0 aliphatic heterocycles. The molecule has 30 heavy (non-hydrogen) atoms. The molecule has 0 fully saturated rings. The molecule has 2 aromatic carbocycles. The molecule has 0 saturated carbocycles. The third kappa shape index (κ3) is 9.26. The van der Waals surface area contributed by atoms with E-state index in [2.05, 4.69) is 46.8 Å². The van der Waals surface area contributed by atoms with Gasteiger partial charge in [-0.1, -0.05) is 42.0 Å². The zero-order chi connectivity index (χ0) is 21.3. The quantitative estimate of drug-likeness (QED) is 0.207. The minimum Gasteiger partial charge on any atom is -0.357 e. The first kappa shape index (κ1) is 26.8. The Kier molecular flexibility index (Phi) is 11.8. The van der Waals surface area contributed by atoms with Gasteiger partial charge in [-0.3, -0.25) is 0 Å². The molecule has 0 aromatic heterocycles. The molecule has 0 radical (unpaired) electrons. The maximum atomic E-state index is 11.7. The van der Waals surface area contributed by atoms with Crippen molar-refractivity contribution < 1.29 is 8.42 Å². The van der Waals surface area contributed by atoms with Gasteiger partial charge in [0.1, 0.15) is 0 Å². The number of guanidine groups is 1. The van der Waals surface area contributed by atoms with Crippen LogP contribution >= 0.6 is 35.7 Å². The molecular weight excluding hydrogens is 529 g/mol. The summed E-state index contributed by atoms with van der Waals surface area (Å²) in [4.78, 5) is 4.99. The highest BCUT2D eigenvalue weighted by atomic mass is 127. The van der Waals surface area contributed by atoms with E-state index >= 15 is 0 Å². The number of rotatable bonds is 9. The average Bonchev–Trinajstić information content (AvgIpc) is 2.66. The van der Waals surface area contributed by atoms with E-state index in [4.69, 9.17) is 0 Å². The normalized spacial score (nSPS) is 11.7. The molecule has 2 aromatic rings. The molecule has 0 saturated heterocycles. The Morgan fingerprint density at radius 1 is 1.03 bits per heavy atom. The second-order valence-electron chi connectivity index (χ2n) is 7.03. The van der Waals surface area contributed by atoms with Crippen LogP contribution in [0.15, 0.2) is 52.4 Å². The molecule has 8 heteroatoms. The first-order valence-corrected chi connectivity index (χ1v) is 12.8. The van der Waals surface area contributed by atoms with Gasteiger partial charge in [0.25, 0.3) is 0 Å². The highest BCUT2D eigenvalue weighted by Crippen LogP contribution is 2.17. The summed E-state index contributed by atoms with van der Waals surface area (Å²) >= 11 is 1.89. The van der Waals surface area contributed by atoms with Gasteiger partial charge in [-0.25, -0.2) is 13.4 Å². The number of halogens is 1. The lowest BCUT2D eigenvalue weighted by molar-refractivity contribution is 0.601. The van der Waals surface area contributed by atoms with Crippen molar-refractivity contribution in [3.05, 3.63) is 64.7 Å². The third-order valence-electron chi connectivity index (χ3n) is 4.33. The second kappa shape index (κ2) is 13.2. The predicted molar refractivity (Wildman–Crippen MR) is 140 cm³/mol. The number of nitrogens with zero attached hydrogens (tertiary/aromatic N) is 1. The Hall–Kier alpha value is -1.26. The van der Waals surface area contributed by atoms with Crippen molar-refractivity contribution in [3.63, 3.8) is 0 Å². The number of hydrogen-bond acceptors (Lipinski definition) is 4. The van der Waals surface area contributed by atoms with Gasteiger partial charge in [-0.05, 0) is 43.5 Å². The van der Waals surface area contributed by atoms with Gasteiger partial charge in [0.2, 0.25) is 0 Å². The first-order valence-electron chi connectivity index (χ1n) is 9.74. The van der Waals surface area contributed by atoms with Crippen molar-refractivity contribution in [1.29, 1.82) is 0 Å². The fraction of sp³-hybridized carbons (Fsp3) is 0.409. The standard InChI is InChI=1S/C22H31N3O2S2.HI/c1-5-23-22(24-12-13-28-16-19-8-6-17(2)7-9-19)25-15-20-10-11-21(18(3)14-20)29(4,26)27;/h6-11,14H,5,12-13,15-16H2,1-4H3,(H2,23,24,25);1H. The van der Waals surface area contributed by atoms with Crippen molar-refractivity contribution in [2.45, 2.75) is 38.0 Å². The van der Waals surface area contributed by atoms with Crippen molar-refractivity contribution in [2.75, 3.05) is 25.1 Å². The molecule has 0 heterocycles. The van der Waals surface area contributed by atoms with Crippen LogP contribution in [0.25, 0.3) is 0 Å². The van der Waals surface area contributed by atoms with Crippen LogP contribution in [0.3, 0.4) is 0 Å². The smallest absolute Gasteiger partial charge is 0.191 e. The summed E-state index contributed by atoms with van der Waals surface area (Å²) < 4.78 is 23.5. The minimum atomic E-state index is -3.19. The summed E-state index contributed by atoms with van der Waals surface area (Å²) in [5.74, 6) is 2.76. The van der Waals surface area contributed by atoms with E-state index in [9.17, 15) is 8.42 Å². The maximum Gasteiger partial charge on any atom is 0.191 e. The number of hydrogen-bond donors (Lipinski definition) is 2. The SMILES string of the molecule is CCNC(=NCc1ccc(S(C)(=O)=O)c(C)c1)NCCSCc1ccc(C)cc1.I. The molecule has 2 rings (SSSR count). The molecule has 0 bridgehead atoms. The Balaban J connectivity index is 0.00000450. The van der Waals surface area contributed by atoms with Crippen LogP contribution in [0.4, 0.5) is 0 Å². The fourth-order valence-electron chi connectivity index (χ4n) is 2.85. The number of sulfone groups is 1. The molecule has 0 atom stereocenters. The number of nitrogens with one attached hydrogen (secondary N) is 2. The zero-order valence-electron chi connectivity index (χ0n) is 18.1. The van der Waals surface area contributed by atoms with Crippen LogP contribution in [0.5, 0.6) is 0 Å². The molecule has 0 amide bonds. The largest absolute Gasteiger partial charge is 0.357 e. The van der Waals surface area contributed by atoms with Crippen molar-refractivity contribution in [3.8, 4) is 0 Å². The highest BCUT2D eigenvalue weighted by molar-refractivity contribution is 14.0.